The van der Waals surface area contributed by atoms with Crippen LogP contribution in [0.5, 0.6) is 0 Å². The number of hydrogen-bond acceptors (Lipinski definition) is 6. The first-order chi connectivity index (χ1) is 7.76. The number of ether oxygens (including phenoxy) is 2. The van der Waals surface area contributed by atoms with Crippen molar-refractivity contribution in [1.29, 1.82) is 0 Å². The number of methoxy groups -OCH3 is 1. The van der Waals surface area contributed by atoms with Crippen LogP contribution in [-0.4, -0.2) is 72.0 Å². The van der Waals surface area contributed by atoms with E-state index < -0.39 is 34.7 Å². The summed E-state index contributed by atoms with van der Waals surface area (Å²) in [5.74, 6) is 0. The number of halogens is 1. The lowest BCUT2D eigenvalue weighted by Gasteiger charge is -2.25. The fourth-order valence-corrected chi connectivity index (χ4v) is 2.21. The molecule has 0 aromatic carbocycles. The predicted octanol–water partition coefficient (Wildman–Crippen LogP) is -0.398. The number of likely N-dealkylation sites (N-methyl/N-ethyl adjacent to an activating group) is 1. The molecule has 0 aromatic heterocycles. The van der Waals surface area contributed by atoms with Crippen molar-refractivity contribution in [2.45, 2.75) is 24.6 Å². The van der Waals surface area contributed by atoms with Crippen LogP contribution in [0, 0.1) is 0 Å². The van der Waals surface area contributed by atoms with Gasteiger partial charge in [-0.3, -0.25) is 4.18 Å². The monoisotopic (exact) mass is 271 g/mol. The van der Waals surface area contributed by atoms with E-state index in [4.69, 9.17) is 9.47 Å². The lowest BCUT2D eigenvalue weighted by molar-refractivity contribution is -0.139. The van der Waals surface area contributed by atoms with E-state index in [1.165, 1.54) is 7.11 Å². The largest absolute Gasteiger partial charge is 0.353 e. The van der Waals surface area contributed by atoms with E-state index in [9.17, 15) is 12.8 Å². The highest BCUT2D eigenvalue weighted by Gasteiger charge is 2.46. The maximum atomic E-state index is 13.9. The van der Waals surface area contributed by atoms with Gasteiger partial charge in [-0.2, -0.15) is 8.42 Å². The predicted molar refractivity (Wildman–Crippen MR) is 58.8 cm³/mol. The van der Waals surface area contributed by atoms with Gasteiger partial charge in [-0.15, -0.1) is 0 Å². The molecule has 0 bridgehead atoms. The molecule has 4 atom stereocenters. The van der Waals surface area contributed by atoms with Gasteiger partial charge in [0.25, 0.3) is 10.1 Å². The Morgan fingerprint density at radius 3 is 2.41 bits per heavy atom. The average Bonchev–Trinajstić information content (AvgIpc) is 2.50. The molecular weight excluding hydrogens is 253 g/mol. The third kappa shape index (κ3) is 3.85. The second-order valence-electron chi connectivity index (χ2n) is 4.17. The fourth-order valence-electron chi connectivity index (χ4n) is 1.83. The van der Waals surface area contributed by atoms with Crippen molar-refractivity contribution in [3.05, 3.63) is 0 Å². The molecule has 8 heteroatoms. The zero-order valence-electron chi connectivity index (χ0n) is 10.3. The van der Waals surface area contributed by atoms with Crippen LogP contribution in [0.3, 0.4) is 0 Å². The Labute approximate surface area is 101 Å². The van der Waals surface area contributed by atoms with Gasteiger partial charge in [0.05, 0.1) is 18.9 Å². The molecule has 1 aliphatic rings. The van der Waals surface area contributed by atoms with Gasteiger partial charge in [0.1, 0.15) is 6.10 Å². The first-order valence-corrected chi connectivity index (χ1v) is 6.91. The van der Waals surface area contributed by atoms with Crippen LogP contribution in [0.25, 0.3) is 0 Å². The van der Waals surface area contributed by atoms with Crippen LogP contribution in [0.15, 0.2) is 0 Å². The van der Waals surface area contributed by atoms with Gasteiger partial charge in [0.15, 0.2) is 12.5 Å². The van der Waals surface area contributed by atoms with E-state index in [1.807, 2.05) is 0 Å². The van der Waals surface area contributed by atoms with E-state index in [1.54, 1.807) is 19.0 Å². The summed E-state index contributed by atoms with van der Waals surface area (Å²) in [4.78, 5) is 1.62. The lowest BCUT2D eigenvalue weighted by atomic mass is 10.1. The molecule has 6 nitrogen and oxygen atoms in total. The van der Waals surface area contributed by atoms with Gasteiger partial charge in [-0.05, 0) is 14.1 Å². The van der Waals surface area contributed by atoms with Gasteiger partial charge in [0.2, 0.25) is 0 Å². The van der Waals surface area contributed by atoms with Crippen LogP contribution in [-0.2, 0) is 23.8 Å². The van der Waals surface area contributed by atoms with Crippen LogP contribution >= 0.6 is 0 Å². The molecule has 1 saturated heterocycles. The van der Waals surface area contributed by atoms with Crippen molar-refractivity contribution < 1.29 is 26.5 Å². The standard InChI is InChI=1S/C9H18FNO5S/c1-11(2)8-6(5-15-17(4,12)13)16-9(14-3)7(8)10/h6-9H,5H2,1-4H3/t6-,7-,8+,9-/m1/s1. The SMILES string of the molecule is CO[C@@H]1O[C@H](COS(C)(=O)=O)[C@H](N(C)C)[C@H]1F. The van der Waals surface area contributed by atoms with E-state index in [0.29, 0.717) is 0 Å². The number of rotatable bonds is 5. The van der Waals surface area contributed by atoms with Crippen molar-refractivity contribution >= 4 is 10.1 Å². The summed E-state index contributed by atoms with van der Waals surface area (Å²) < 4.78 is 50.4. The Morgan fingerprint density at radius 1 is 1.41 bits per heavy atom. The molecule has 1 rings (SSSR count). The third-order valence-electron chi connectivity index (χ3n) is 2.55. The summed E-state index contributed by atoms with van der Waals surface area (Å²) in [7, 11) is 1.15. The zero-order chi connectivity index (χ0) is 13.2. The van der Waals surface area contributed by atoms with Gasteiger partial charge in [-0.25, -0.2) is 4.39 Å². The Hall–Kier alpha value is -0.280. The number of hydrogen-bond donors (Lipinski definition) is 0. The van der Waals surface area contributed by atoms with Crippen LogP contribution < -0.4 is 0 Å². The van der Waals surface area contributed by atoms with E-state index in [-0.39, 0.29) is 6.61 Å². The summed E-state index contributed by atoms with van der Waals surface area (Å²) in [6.45, 7) is -0.220. The van der Waals surface area contributed by atoms with E-state index in [2.05, 4.69) is 4.18 Å². The van der Waals surface area contributed by atoms with Crippen molar-refractivity contribution in [3.8, 4) is 0 Å². The minimum Gasteiger partial charge on any atom is -0.353 e. The smallest absolute Gasteiger partial charge is 0.264 e. The average molecular weight is 271 g/mol. The van der Waals surface area contributed by atoms with Crippen LogP contribution in [0.4, 0.5) is 4.39 Å². The highest BCUT2D eigenvalue weighted by atomic mass is 32.2. The summed E-state index contributed by atoms with van der Waals surface area (Å²) in [6, 6.07) is -0.596. The molecule has 0 amide bonds. The van der Waals surface area contributed by atoms with Gasteiger partial charge >= 0.3 is 0 Å². The Bertz CT molecular complexity index is 347. The van der Waals surface area contributed by atoms with E-state index in [0.717, 1.165) is 6.26 Å². The Kier molecular flexibility index (Phi) is 4.85. The van der Waals surface area contributed by atoms with Crippen molar-refractivity contribution in [2.75, 3.05) is 34.1 Å². The number of alkyl halides is 1. The Morgan fingerprint density at radius 2 is 2.00 bits per heavy atom. The molecule has 102 valence electrons. The second-order valence-corrected chi connectivity index (χ2v) is 5.81. The van der Waals surface area contributed by atoms with Crippen molar-refractivity contribution in [2.24, 2.45) is 0 Å². The molecule has 0 spiro atoms. The highest BCUT2D eigenvalue weighted by molar-refractivity contribution is 7.85. The second kappa shape index (κ2) is 5.57. The molecule has 1 aliphatic heterocycles. The summed E-state index contributed by atoms with van der Waals surface area (Å²) in [6.07, 6.45) is -2.08. The quantitative estimate of drug-likeness (QED) is 0.634. The van der Waals surface area contributed by atoms with Gasteiger partial charge in [0, 0.05) is 7.11 Å². The normalized spacial score (nSPS) is 34.5. The molecule has 1 fully saturated rings. The van der Waals surface area contributed by atoms with Gasteiger partial charge in [-0.1, -0.05) is 0 Å². The minimum absolute atomic E-state index is 0.220. The molecule has 0 aliphatic carbocycles. The van der Waals surface area contributed by atoms with Crippen LogP contribution in [0.2, 0.25) is 0 Å². The minimum atomic E-state index is -3.56. The molecule has 0 N–H and O–H groups in total. The number of nitrogens with zero attached hydrogens (tertiary/aromatic N) is 1. The topological polar surface area (TPSA) is 65.1 Å². The molecule has 17 heavy (non-hydrogen) atoms. The molecule has 0 aromatic rings. The molecule has 0 unspecified atom stereocenters. The van der Waals surface area contributed by atoms with E-state index >= 15 is 0 Å². The maximum absolute atomic E-state index is 13.9. The molecule has 0 radical (unpaired) electrons. The first kappa shape index (κ1) is 14.8. The van der Waals surface area contributed by atoms with Crippen LogP contribution in [0.1, 0.15) is 0 Å². The highest BCUT2D eigenvalue weighted by Crippen LogP contribution is 2.27. The summed E-state index contributed by atoms with van der Waals surface area (Å²) >= 11 is 0. The summed E-state index contributed by atoms with van der Waals surface area (Å²) in [5.41, 5.74) is 0. The Balaban J connectivity index is 2.69. The molecule has 1 heterocycles. The fraction of sp³-hybridized carbons (Fsp3) is 1.00. The first-order valence-electron chi connectivity index (χ1n) is 5.09. The lowest BCUT2D eigenvalue weighted by Crippen LogP contribution is -2.44. The molecular formula is C9H18FNO5S. The van der Waals surface area contributed by atoms with Crippen molar-refractivity contribution in [3.63, 3.8) is 0 Å². The summed E-state index contributed by atoms with van der Waals surface area (Å²) in [5, 5.41) is 0. The maximum Gasteiger partial charge on any atom is 0.264 e. The zero-order valence-corrected chi connectivity index (χ0v) is 11.1. The van der Waals surface area contributed by atoms with Crippen molar-refractivity contribution in [1.82, 2.24) is 4.90 Å². The van der Waals surface area contributed by atoms with Gasteiger partial charge < -0.3 is 14.4 Å². The molecule has 0 saturated carbocycles. The third-order valence-corrected chi connectivity index (χ3v) is 3.12.